The van der Waals surface area contributed by atoms with Crippen LogP contribution in [0.15, 0.2) is 146 Å². The Kier molecular flexibility index (Phi) is 87.1. The van der Waals surface area contributed by atoms with Crippen LogP contribution in [0, 0.1) is 0 Å². The van der Waals surface area contributed by atoms with Gasteiger partial charge in [-0.25, -0.2) is 9.13 Å². The molecular formula is C99H172O16P2. The molecule has 0 amide bonds. The van der Waals surface area contributed by atoms with Crippen molar-refractivity contribution in [1.82, 2.24) is 0 Å². The van der Waals surface area contributed by atoms with Gasteiger partial charge in [0.1, 0.15) is 25.4 Å². The molecule has 0 fully saturated rings. The van der Waals surface area contributed by atoms with Crippen molar-refractivity contribution in [3.63, 3.8) is 0 Å². The van der Waals surface area contributed by atoms with Gasteiger partial charge in [0.25, 0.3) is 0 Å². The van der Waals surface area contributed by atoms with Gasteiger partial charge in [0.15, 0.2) is 6.10 Å². The quantitative estimate of drug-likeness (QED) is 0.0146. The van der Waals surface area contributed by atoms with E-state index in [2.05, 4.69) is 167 Å². The van der Waals surface area contributed by atoms with Crippen molar-refractivity contribution in [1.29, 1.82) is 0 Å². The Balaban J connectivity index is 4.50. The van der Waals surface area contributed by atoms with Crippen molar-refractivity contribution >= 4 is 33.6 Å². The molecule has 4 N–H and O–H groups in total. The summed E-state index contributed by atoms with van der Waals surface area (Å²) in [6, 6.07) is 0. The van der Waals surface area contributed by atoms with Crippen molar-refractivity contribution in [2.24, 2.45) is 0 Å². The number of hydrogen-bond donors (Lipinski definition) is 4. The molecule has 0 radical (unpaired) electrons. The Morgan fingerprint density at radius 1 is 0.248 bits per heavy atom. The first-order chi connectivity index (χ1) is 57.2. The molecular weight excluding hydrogens is 1510 g/mol. The number of allylic oxidation sites excluding steroid dienone is 24. The van der Waals surface area contributed by atoms with E-state index in [1.54, 1.807) is 0 Å². The maximum absolute atomic E-state index is 13.1. The van der Waals surface area contributed by atoms with E-state index < -0.39 is 91.5 Å². The maximum atomic E-state index is 13.1. The standard InChI is InChI=1S/C99H172O16P2/c1-4-7-10-13-16-19-22-25-28-31-34-36-38-40-42-43-44-45-46-47-48-49-51-53-54-56-59-61-64-67-70-73-76-79-82-85-97(102)109-88-94(100)89-111-116(105,106)112-90-95(101)91-113-117(107,108)114-93-96(115-99(104)87-84-81-78-75-72-69-66-63-58-33-30-27-24-21-18-15-12-9-6-3)92-110-98(103)86-83-80-77-74-71-68-65-62-60-57-55-52-50-41-39-37-35-32-29-26-23-20-17-14-11-8-5-2/h7,10,16-21,25-30,34-37,40-42,50,58,63,94-96,100-101H,4-6,8-9,11-15,22-24,31-33,38-39,43-49,51-57,59-62,64-93H2,1-3H3,(H,105,106)(H,107,108)/b10-7-,19-16-,20-17-,21-18-,28-25-,29-26-,30-27-,36-34-,37-35-,42-40-,50-41-,63-58-. The maximum Gasteiger partial charge on any atom is 0.472 e. The zero-order valence-corrected chi connectivity index (χ0v) is 76.1. The van der Waals surface area contributed by atoms with Crippen molar-refractivity contribution in [2.75, 3.05) is 39.6 Å². The summed E-state index contributed by atoms with van der Waals surface area (Å²) in [6.07, 6.45) is 115. The van der Waals surface area contributed by atoms with Gasteiger partial charge in [0, 0.05) is 19.3 Å². The molecule has 0 rings (SSSR count). The molecule has 0 saturated heterocycles. The van der Waals surface area contributed by atoms with Crippen LogP contribution in [0.3, 0.4) is 0 Å². The van der Waals surface area contributed by atoms with Gasteiger partial charge in [-0.3, -0.25) is 32.5 Å². The van der Waals surface area contributed by atoms with Gasteiger partial charge >= 0.3 is 33.6 Å². The van der Waals surface area contributed by atoms with Gasteiger partial charge < -0.3 is 34.2 Å². The van der Waals surface area contributed by atoms with E-state index in [-0.39, 0.29) is 19.3 Å². The third-order valence-corrected chi connectivity index (χ3v) is 21.9. The number of phosphoric ester groups is 2. The molecule has 0 heterocycles. The largest absolute Gasteiger partial charge is 0.472 e. The van der Waals surface area contributed by atoms with E-state index in [9.17, 15) is 43.5 Å². The van der Waals surface area contributed by atoms with E-state index in [1.165, 1.54) is 186 Å². The smallest absolute Gasteiger partial charge is 0.463 e. The molecule has 0 aliphatic rings. The third kappa shape index (κ3) is 92.0. The zero-order valence-electron chi connectivity index (χ0n) is 74.3. The molecule has 0 bridgehead atoms. The molecule has 16 nitrogen and oxygen atoms in total. The highest BCUT2D eigenvalue weighted by Crippen LogP contribution is 2.45. The predicted molar refractivity (Wildman–Crippen MR) is 491 cm³/mol. The van der Waals surface area contributed by atoms with Crippen LogP contribution in [0.1, 0.15) is 406 Å². The number of rotatable bonds is 89. The van der Waals surface area contributed by atoms with Crippen LogP contribution in [-0.2, 0) is 55.8 Å². The Morgan fingerprint density at radius 2 is 0.453 bits per heavy atom. The van der Waals surface area contributed by atoms with Crippen LogP contribution < -0.4 is 0 Å². The number of unbranched alkanes of at least 4 members (excludes halogenated alkanes) is 42. The van der Waals surface area contributed by atoms with E-state index in [1.807, 2.05) is 0 Å². The topological polar surface area (TPSA) is 231 Å². The van der Waals surface area contributed by atoms with Gasteiger partial charge in [-0.05, 0) is 148 Å². The lowest BCUT2D eigenvalue weighted by molar-refractivity contribution is -0.161. The highest BCUT2D eigenvalue weighted by atomic mass is 31.2. The minimum atomic E-state index is -4.94. The molecule has 0 aliphatic heterocycles. The van der Waals surface area contributed by atoms with Crippen molar-refractivity contribution in [3.05, 3.63) is 146 Å². The summed E-state index contributed by atoms with van der Waals surface area (Å²) < 4.78 is 61.5. The van der Waals surface area contributed by atoms with Gasteiger partial charge in [0.05, 0.1) is 26.4 Å². The van der Waals surface area contributed by atoms with E-state index in [4.69, 9.17) is 32.3 Å². The predicted octanol–water partition coefficient (Wildman–Crippen LogP) is 29.1. The molecule has 117 heavy (non-hydrogen) atoms. The first-order valence-electron chi connectivity index (χ1n) is 47.1. The Bertz CT molecular complexity index is 2710. The van der Waals surface area contributed by atoms with Crippen LogP contribution in [0.25, 0.3) is 0 Å². The summed E-state index contributed by atoms with van der Waals surface area (Å²) >= 11 is 0. The second kappa shape index (κ2) is 90.7. The van der Waals surface area contributed by atoms with Crippen LogP contribution in [-0.4, -0.2) is 95.9 Å². The summed E-state index contributed by atoms with van der Waals surface area (Å²) in [7, 11) is -9.81. The van der Waals surface area contributed by atoms with Crippen LogP contribution in [0.5, 0.6) is 0 Å². The summed E-state index contributed by atoms with van der Waals surface area (Å²) in [5, 5.41) is 20.7. The molecule has 0 aromatic carbocycles. The summed E-state index contributed by atoms with van der Waals surface area (Å²) in [4.78, 5) is 59.0. The zero-order chi connectivity index (χ0) is 85.1. The number of esters is 3. The Morgan fingerprint density at radius 3 is 0.718 bits per heavy atom. The number of aliphatic hydroxyl groups excluding tert-OH is 2. The first kappa shape index (κ1) is 112. The lowest BCUT2D eigenvalue weighted by Gasteiger charge is -2.21. The number of hydrogen-bond acceptors (Lipinski definition) is 14. The highest BCUT2D eigenvalue weighted by Gasteiger charge is 2.30. The molecule has 674 valence electrons. The average molecular weight is 1680 g/mol. The third-order valence-electron chi connectivity index (χ3n) is 20.0. The van der Waals surface area contributed by atoms with Crippen LogP contribution in [0.4, 0.5) is 0 Å². The fourth-order valence-corrected chi connectivity index (χ4v) is 14.5. The van der Waals surface area contributed by atoms with Gasteiger partial charge in [-0.1, -0.05) is 385 Å². The molecule has 5 unspecified atom stereocenters. The van der Waals surface area contributed by atoms with Crippen LogP contribution >= 0.6 is 15.6 Å². The molecule has 0 saturated carbocycles. The van der Waals surface area contributed by atoms with Crippen molar-refractivity contribution in [3.8, 4) is 0 Å². The monoisotopic (exact) mass is 1680 g/mol. The number of ether oxygens (including phenoxy) is 3. The van der Waals surface area contributed by atoms with Crippen LogP contribution in [0.2, 0.25) is 0 Å². The highest BCUT2D eigenvalue weighted by molar-refractivity contribution is 7.47. The van der Waals surface area contributed by atoms with E-state index >= 15 is 0 Å². The SMILES string of the molecule is CC/C=C\C/C=C\C/C=C\C/C=C\C/C=C\CCCCCCCCCCCCCCCCCCCCCC(=O)OCC(O)COP(=O)(O)OCC(O)COP(=O)(O)OCC(COC(=O)CCCCCCCCCCCCC/C=C\C/C=C\C/C=C\C/C=C\CCCCC)OC(=O)CCCCCCCC/C=C\C/C=C\C/C=C\CCCCC. The average Bonchev–Trinajstić information content (AvgIpc) is 0.904. The van der Waals surface area contributed by atoms with Gasteiger partial charge in [-0.2, -0.15) is 0 Å². The normalized spacial score (nSPS) is 14.4. The fraction of sp³-hybridized carbons (Fsp3) is 0.727. The number of carbonyl (C=O) groups excluding carboxylic acids is 3. The molecule has 0 spiro atoms. The fourth-order valence-electron chi connectivity index (χ4n) is 12.9. The van der Waals surface area contributed by atoms with Crippen molar-refractivity contribution < 1.29 is 75.8 Å². The summed E-state index contributed by atoms with van der Waals surface area (Å²) in [5.41, 5.74) is 0. The molecule has 0 aliphatic carbocycles. The lowest BCUT2D eigenvalue weighted by atomic mass is 10.0. The van der Waals surface area contributed by atoms with Gasteiger partial charge in [-0.15, -0.1) is 0 Å². The Labute approximate surface area is 715 Å². The summed E-state index contributed by atoms with van der Waals surface area (Å²) in [5.74, 6) is -1.58. The van der Waals surface area contributed by atoms with E-state index in [0.717, 1.165) is 161 Å². The minimum absolute atomic E-state index is 0.0878. The number of aliphatic hydroxyl groups is 2. The number of carbonyl (C=O) groups is 3. The molecule has 0 aromatic heterocycles. The first-order valence-corrected chi connectivity index (χ1v) is 50.1. The van der Waals surface area contributed by atoms with Gasteiger partial charge in [0.2, 0.25) is 0 Å². The lowest BCUT2D eigenvalue weighted by Crippen LogP contribution is -2.30. The minimum Gasteiger partial charge on any atom is -0.463 e. The molecule has 0 aromatic rings. The second-order valence-electron chi connectivity index (χ2n) is 31.4. The summed E-state index contributed by atoms with van der Waals surface area (Å²) in [6.45, 7) is 2.55. The Hall–Kier alpha value is -4.57. The molecule has 18 heteroatoms. The number of phosphoric acid groups is 2. The van der Waals surface area contributed by atoms with E-state index in [0.29, 0.717) is 19.3 Å². The second-order valence-corrected chi connectivity index (χ2v) is 34.3. The van der Waals surface area contributed by atoms with Crippen molar-refractivity contribution in [2.45, 2.75) is 424 Å². The molecule has 5 atom stereocenters.